The van der Waals surface area contributed by atoms with Gasteiger partial charge >= 0.3 is 12.2 Å². The summed E-state index contributed by atoms with van der Waals surface area (Å²) in [7, 11) is 0. The number of nitrogens with one attached hydrogen (secondary N) is 1. The lowest BCUT2D eigenvalue weighted by Gasteiger charge is -2.35. The average molecular weight is 477 g/mol. The molecule has 32 heavy (non-hydrogen) atoms. The van der Waals surface area contributed by atoms with Crippen LogP contribution in [0, 0.1) is 0 Å². The molecule has 3 heterocycles. The minimum atomic E-state index is -4.48. The van der Waals surface area contributed by atoms with Crippen molar-refractivity contribution in [2.45, 2.75) is 25.9 Å². The van der Waals surface area contributed by atoms with E-state index < -0.39 is 11.7 Å². The molecule has 180 valence electrons. The van der Waals surface area contributed by atoms with Gasteiger partial charge in [0.25, 0.3) is 0 Å². The zero-order valence-corrected chi connectivity index (χ0v) is 19.3. The molecule has 0 unspecified atom stereocenters. The van der Waals surface area contributed by atoms with Gasteiger partial charge in [-0.05, 0) is 32.0 Å². The summed E-state index contributed by atoms with van der Waals surface area (Å²) < 4.78 is 38.4. The predicted molar refractivity (Wildman–Crippen MR) is 119 cm³/mol. The number of halogens is 4. The lowest BCUT2D eigenvalue weighted by atomic mass is 10.2. The summed E-state index contributed by atoms with van der Waals surface area (Å²) in [6, 6.07) is 0.792. The molecule has 2 saturated heterocycles. The van der Waals surface area contributed by atoms with E-state index in [0.29, 0.717) is 38.5 Å². The fourth-order valence-corrected chi connectivity index (χ4v) is 4.32. The minimum Gasteiger partial charge on any atom is -0.352 e. The van der Waals surface area contributed by atoms with Crippen LogP contribution in [0.2, 0.25) is 5.02 Å². The quantitative estimate of drug-likeness (QED) is 0.613. The van der Waals surface area contributed by atoms with Crippen molar-refractivity contribution in [3.05, 3.63) is 22.8 Å². The van der Waals surface area contributed by atoms with Crippen LogP contribution in [0.1, 0.15) is 25.3 Å². The Labute approximate surface area is 192 Å². The van der Waals surface area contributed by atoms with Crippen molar-refractivity contribution in [1.82, 2.24) is 25.0 Å². The topological polar surface area (TPSA) is 55.0 Å². The predicted octanol–water partition coefficient (Wildman–Crippen LogP) is 3.00. The lowest BCUT2D eigenvalue weighted by Crippen LogP contribution is -2.52. The molecule has 1 N–H and O–H groups in total. The van der Waals surface area contributed by atoms with E-state index in [4.69, 9.17) is 11.6 Å². The van der Waals surface area contributed by atoms with Crippen molar-refractivity contribution >= 4 is 23.4 Å². The van der Waals surface area contributed by atoms with Crippen LogP contribution in [-0.4, -0.2) is 97.7 Å². The SMILES string of the molecule is CCN1CCN(CCCCNC(=O)N2CCN(c3ncc(C(F)(F)F)cc3Cl)CC2)CC1. The number of piperazine rings is 2. The zero-order chi connectivity index (χ0) is 23.1. The zero-order valence-electron chi connectivity index (χ0n) is 18.5. The van der Waals surface area contributed by atoms with Crippen LogP contribution in [0.15, 0.2) is 12.3 Å². The number of nitrogens with zero attached hydrogens (tertiary/aromatic N) is 5. The van der Waals surface area contributed by atoms with Crippen LogP contribution < -0.4 is 10.2 Å². The molecular formula is C21H32ClF3N6O. The van der Waals surface area contributed by atoms with E-state index in [0.717, 1.165) is 64.4 Å². The van der Waals surface area contributed by atoms with E-state index >= 15 is 0 Å². The van der Waals surface area contributed by atoms with Crippen LogP contribution in [0.4, 0.5) is 23.8 Å². The van der Waals surface area contributed by atoms with Gasteiger partial charge in [0.2, 0.25) is 0 Å². The van der Waals surface area contributed by atoms with Crippen LogP contribution in [0.25, 0.3) is 0 Å². The first-order valence-electron chi connectivity index (χ1n) is 11.2. The highest BCUT2D eigenvalue weighted by atomic mass is 35.5. The maximum atomic E-state index is 12.8. The Balaban J connectivity index is 1.33. The second-order valence-corrected chi connectivity index (χ2v) is 8.62. The third-order valence-corrected chi connectivity index (χ3v) is 6.38. The summed E-state index contributed by atoms with van der Waals surface area (Å²) in [5.74, 6) is 0.319. The summed E-state index contributed by atoms with van der Waals surface area (Å²) in [5, 5.41) is 2.94. The fraction of sp³-hybridized carbons (Fsp3) is 0.714. The molecule has 2 amide bonds. The second-order valence-electron chi connectivity index (χ2n) is 8.22. The number of carbonyl (C=O) groups is 1. The number of anilines is 1. The maximum Gasteiger partial charge on any atom is 0.417 e. The summed E-state index contributed by atoms with van der Waals surface area (Å²) in [4.78, 5) is 24.8. The highest BCUT2D eigenvalue weighted by Crippen LogP contribution is 2.33. The van der Waals surface area contributed by atoms with Crippen LogP contribution in [0.3, 0.4) is 0 Å². The number of carbonyl (C=O) groups excluding carboxylic acids is 1. The highest BCUT2D eigenvalue weighted by molar-refractivity contribution is 6.33. The third kappa shape index (κ3) is 6.86. The van der Waals surface area contributed by atoms with Gasteiger partial charge in [-0.15, -0.1) is 0 Å². The van der Waals surface area contributed by atoms with Crippen LogP contribution in [-0.2, 0) is 6.18 Å². The van der Waals surface area contributed by atoms with Crippen molar-refractivity contribution in [2.75, 3.05) is 76.9 Å². The first-order chi connectivity index (χ1) is 15.3. The van der Waals surface area contributed by atoms with Gasteiger partial charge < -0.3 is 24.9 Å². The summed E-state index contributed by atoms with van der Waals surface area (Å²) in [6.45, 7) is 11.4. The number of hydrogen-bond donors (Lipinski definition) is 1. The van der Waals surface area contributed by atoms with Gasteiger partial charge in [-0.1, -0.05) is 18.5 Å². The molecule has 1 aromatic rings. The average Bonchev–Trinajstić information content (AvgIpc) is 2.78. The Morgan fingerprint density at radius 3 is 2.31 bits per heavy atom. The number of rotatable bonds is 7. The molecule has 2 aliphatic rings. The highest BCUT2D eigenvalue weighted by Gasteiger charge is 2.32. The molecule has 3 rings (SSSR count). The van der Waals surface area contributed by atoms with Crippen molar-refractivity contribution in [1.29, 1.82) is 0 Å². The Morgan fingerprint density at radius 2 is 1.72 bits per heavy atom. The van der Waals surface area contributed by atoms with E-state index in [1.54, 1.807) is 4.90 Å². The van der Waals surface area contributed by atoms with Crippen molar-refractivity contribution in [3.8, 4) is 0 Å². The molecule has 0 atom stereocenters. The first kappa shape index (κ1) is 24.9. The second kappa shape index (κ2) is 11.4. The molecule has 0 radical (unpaired) electrons. The largest absolute Gasteiger partial charge is 0.417 e. The van der Waals surface area contributed by atoms with Gasteiger partial charge in [0.05, 0.1) is 10.6 Å². The number of unbranched alkanes of at least 4 members (excludes halogenated alkanes) is 1. The molecule has 2 fully saturated rings. The fourth-order valence-electron chi connectivity index (χ4n) is 4.04. The van der Waals surface area contributed by atoms with E-state index in [9.17, 15) is 18.0 Å². The van der Waals surface area contributed by atoms with Crippen molar-refractivity contribution in [2.24, 2.45) is 0 Å². The normalized spacial score (nSPS) is 18.8. The molecule has 0 spiro atoms. The number of aromatic nitrogens is 1. The van der Waals surface area contributed by atoms with Gasteiger partial charge in [0, 0.05) is 65.1 Å². The first-order valence-corrected chi connectivity index (χ1v) is 11.6. The molecule has 0 bridgehead atoms. The van der Waals surface area contributed by atoms with E-state index in [-0.39, 0.29) is 11.1 Å². The van der Waals surface area contributed by atoms with Crippen molar-refractivity contribution in [3.63, 3.8) is 0 Å². The molecular weight excluding hydrogens is 445 g/mol. The Kier molecular flexibility index (Phi) is 8.84. The number of amides is 2. The monoisotopic (exact) mass is 476 g/mol. The van der Waals surface area contributed by atoms with Gasteiger partial charge in [-0.3, -0.25) is 0 Å². The van der Waals surface area contributed by atoms with Gasteiger partial charge in [-0.25, -0.2) is 9.78 Å². The maximum absolute atomic E-state index is 12.8. The Bertz CT molecular complexity index is 750. The van der Waals surface area contributed by atoms with E-state index in [1.807, 2.05) is 4.90 Å². The lowest BCUT2D eigenvalue weighted by molar-refractivity contribution is -0.137. The molecule has 1 aromatic heterocycles. The molecule has 0 aromatic carbocycles. The number of likely N-dealkylation sites (N-methyl/N-ethyl adjacent to an activating group) is 1. The smallest absolute Gasteiger partial charge is 0.352 e. The molecule has 0 aliphatic carbocycles. The number of alkyl halides is 3. The molecule has 2 aliphatic heterocycles. The molecule has 11 heteroatoms. The molecule has 7 nitrogen and oxygen atoms in total. The number of urea groups is 1. The third-order valence-electron chi connectivity index (χ3n) is 6.10. The van der Waals surface area contributed by atoms with Gasteiger partial charge in [0.1, 0.15) is 5.82 Å². The van der Waals surface area contributed by atoms with Gasteiger partial charge in [0.15, 0.2) is 0 Å². The summed E-state index contributed by atoms with van der Waals surface area (Å²) in [6.07, 6.45) is -1.69. The Morgan fingerprint density at radius 1 is 1.06 bits per heavy atom. The number of hydrogen-bond acceptors (Lipinski definition) is 5. The summed E-state index contributed by atoms with van der Waals surface area (Å²) in [5.41, 5.74) is -0.868. The van der Waals surface area contributed by atoms with Crippen molar-refractivity contribution < 1.29 is 18.0 Å². The van der Waals surface area contributed by atoms with E-state index in [2.05, 4.69) is 27.0 Å². The molecule has 0 saturated carbocycles. The standard InChI is InChI=1S/C21H32ClF3N6O/c1-2-28-7-9-29(10-8-28)6-4-3-5-26-20(32)31-13-11-30(12-14-31)19-18(22)15-17(16-27-19)21(23,24)25/h15-16H,2-14H2,1H3,(H,26,32). The Hall–Kier alpha value is -1.78. The summed E-state index contributed by atoms with van der Waals surface area (Å²) >= 11 is 6.03. The minimum absolute atomic E-state index is 0.0335. The number of pyridine rings is 1. The van der Waals surface area contributed by atoms with E-state index in [1.165, 1.54) is 0 Å². The van der Waals surface area contributed by atoms with Crippen LogP contribution >= 0.6 is 11.6 Å². The van der Waals surface area contributed by atoms with Crippen LogP contribution in [0.5, 0.6) is 0 Å². The van der Waals surface area contributed by atoms with Gasteiger partial charge in [-0.2, -0.15) is 13.2 Å².